The highest BCUT2D eigenvalue weighted by molar-refractivity contribution is 5.97. The lowest BCUT2D eigenvalue weighted by molar-refractivity contribution is 0.0758. The van der Waals surface area contributed by atoms with Crippen LogP contribution in [-0.4, -0.2) is 62.7 Å². The molecule has 2 aromatic carbocycles. The summed E-state index contributed by atoms with van der Waals surface area (Å²) in [5.74, 6) is 0.155. The molecule has 3 rings (SSSR count). The molecular formula is C23H27FN2O3. The van der Waals surface area contributed by atoms with Gasteiger partial charge in [0.05, 0.1) is 19.8 Å². The number of methoxy groups -OCH3 is 2. The molecule has 0 spiro atoms. The van der Waals surface area contributed by atoms with Crippen molar-refractivity contribution in [1.82, 2.24) is 9.80 Å². The van der Waals surface area contributed by atoms with Gasteiger partial charge in [-0.2, -0.15) is 0 Å². The third kappa shape index (κ3) is 5.15. The average molecular weight is 398 g/mol. The van der Waals surface area contributed by atoms with E-state index in [1.165, 1.54) is 19.2 Å². The molecule has 2 aromatic rings. The summed E-state index contributed by atoms with van der Waals surface area (Å²) < 4.78 is 24.4. The van der Waals surface area contributed by atoms with Crippen molar-refractivity contribution in [1.29, 1.82) is 0 Å². The van der Waals surface area contributed by atoms with Crippen molar-refractivity contribution in [3.63, 3.8) is 0 Å². The molecule has 1 amide bonds. The van der Waals surface area contributed by atoms with Gasteiger partial charge in [-0.05, 0) is 24.6 Å². The van der Waals surface area contributed by atoms with Crippen molar-refractivity contribution in [2.45, 2.75) is 6.42 Å². The topological polar surface area (TPSA) is 42.0 Å². The molecule has 6 heteroatoms. The van der Waals surface area contributed by atoms with Crippen LogP contribution in [0.5, 0.6) is 11.5 Å². The van der Waals surface area contributed by atoms with E-state index in [-0.39, 0.29) is 17.2 Å². The lowest BCUT2D eigenvalue weighted by Gasteiger charge is -2.22. The highest BCUT2D eigenvalue weighted by Crippen LogP contribution is 2.24. The van der Waals surface area contributed by atoms with Crippen molar-refractivity contribution in [3.05, 3.63) is 65.5 Å². The van der Waals surface area contributed by atoms with Crippen LogP contribution in [0.2, 0.25) is 0 Å². The lowest BCUT2D eigenvalue weighted by atomic mass is 10.1. The molecule has 0 N–H and O–H groups in total. The molecule has 0 atom stereocenters. The molecule has 0 unspecified atom stereocenters. The summed E-state index contributed by atoms with van der Waals surface area (Å²) in [6, 6.07) is 12.3. The second kappa shape index (κ2) is 10.1. The van der Waals surface area contributed by atoms with Crippen molar-refractivity contribution in [2.75, 3.05) is 46.9 Å². The smallest absolute Gasteiger partial charge is 0.257 e. The summed E-state index contributed by atoms with van der Waals surface area (Å²) >= 11 is 0. The zero-order chi connectivity index (χ0) is 20.6. The SMILES string of the molecule is COc1ccccc1C=CCN1CCCN(C(=O)c2cccc(F)c2OC)CC1. The zero-order valence-electron chi connectivity index (χ0n) is 16.9. The van der Waals surface area contributed by atoms with Crippen LogP contribution in [0.3, 0.4) is 0 Å². The minimum atomic E-state index is -0.517. The van der Waals surface area contributed by atoms with E-state index in [0.29, 0.717) is 13.1 Å². The number of rotatable bonds is 6. The van der Waals surface area contributed by atoms with Crippen LogP contribution in [0.25, 0.3) is 6.08 Å². The molecule has 0 aromatic heterocycles. The Hall–Kier alpha value is -2.86. The van der Waals surface area contributed by atoms with Gasteiger partial charge in [0.15, 0.2) is 11.6 Å². The van der Waals surface area contributed by atoms with Crippen molar-refractivity contribution in [2.24, 2.45) is 0 Å². The van der Waals surface area contributed by atoms with Gasteiger partial charge in [-0.3, -0.25) is 9.69 Å². The monoisotopic (exact) mass is 398 g/mol. The summed E-state index contributed by atoms with van der Waals surface area (Å²) in [5.41, 5.74) is 1.32. The number of amides is 1. The number of para-hydroxylation sites is 2. The molecule has 1 fully saturated rings. The van der Waals surface area contributed by atoms with Gasteiger partial charge in [-0.1, -0.05) is 36.4 Å². The molecule has 0 radical (unpaired) electrons. The molecule has 29 heavy (non-hydrogen) atoms. The van der Waals surface area contributed by atoms with Crippen LogP contribution in [0, 0.1) is 5.82 Å². The predicted molar refractivity (Wildman–Crippen MR) is 112 cm³/mol. The Kier molecular flexibility index (Phi) is 7.25. The molecule has 5 nitrogen and oxygen atoms in total. The van der Waals surface area contributed by atoms with E-state index in [2.05, 4.69) is 17.1 Å². The fourth-order valence-corrected chi connectivity index (χ4v) is 3.54. The largest absolute Gasteiger partial charge is 0.496 e. The Balaban J connectivity index is 1.60. The van der Waals surface area contributed by atoms with Gasteiger partial charge in [0.25, 0.3) is 5.91 Å². The van der Waals surface area contributed by atoms with Crippen LogP contribution in [0.4, 0.5) is 4.39 Å². The van der Waals surface area contributed by atoms with E-state index >= 15 is 0 Å². The fraction of sp³-hybridized carbons (Fsp3) is 0.348. The Bertz CT molecular complexity index is 869. The normalized spacial score (nSPS) is 15.3. The number of carbonyl (C=O) groups excluding carboxylic acids is 1. The lowest BCUT2D eigenvalue weighted by Crippen LogP contribution is -2.35. The molecule has 1 aliphatic rings. The molecule has 0 saturated carbocycles. The number of halogens is 1. The summed E-state index contributed by atoms with van der Waals surface area (Å²) in [5, 5.41) is 0. The Labute approximate surface area is 171 Å². The van der Waals surface area contributed by atoms with E-state index in [1.807, 2.05) is 24.3 Å². The van der Waals surface area contributed by atoms with Crippen LogP contribution < -0.4 is 9.47 Å². The van der Waals surface area contributed by atoms with E-state index in [0.717, 1.165) is 37.4 Å². The Morgan fingerprint density at radius 3 is 2.66 bits per heavy atom. The maximum atomic E-state index is 13.9. The van der Waals surface area contributed by atoms with E-state index in [4.69, 9.17) is 9.47 Å². The van der Waals surface area contributed by atoms with Crippen molar-refractivity contribution >= 4 is 12.0 Å². The number of ether oxygens (including phenoxy) is 2. The van der Waals surface area contributed by atoms with Crippen molar-refractivity contribution < 1.29 is 18.7 Å². The van der Waals surface area contributed by atoms with E-state index < -0.39 is 5.82 Å². The average Bonchev–Trinajstić information content (AvgIpc) is 2.99. The number of hydrogen-bond acceptors (Lipinski definition) is 4. The highest BCUT2D eigenvalue weighted by atomic mass is 19.1. The fourth-order valence-electron chi connectivity index (χ4n) is 3.54. The van der Waals surface area contributed by atoms with Gasteiger partial charge in [-0.15, -0.1) is 0 Å². The van der Waals surface area contributed by atoms with Gasteiger partial charge in [-0.25, -0.2) is 4.39 Å². The molecule has 154 valence electrons. The molecule has 1 heterocycles. The molecule has 0 aliphatic carbocycles. The first-order valence-electron chi connectivity index (χ1n) is 9.77. The second-order valence-corrected chi connectivity index (χ2v) is 6.91. The first-order chi connectivity index (χ1) is 14.1. The summed E-state index contributed by atoms with van der Waals surface area (Å²) in [6.07, 6.45) is 5.04. The van der Waals surface area contributed by atoms with E-state index in [9.17, 15) is 9.18 Å². The minimum Gasteiger partial charge on any atom is -0.496 e. The van der Waals surface area contributed by atoms with Crippen LogP contribution in [0.1, 0.15) is 22.3 Å². The molecular weight excluding hydrogens is 371 g/mol. The first-order valence-corrected chi connectivity index (χ1v) is 9.77. The van der Waals surface area contributed by atoms with Crippen LogP contribution in [0.15, 0.2) is 48.5 Å². The van der Waals surface area contributed by atoms with Gasteiger partial charge in [0.2, 0.25) is 0 Å². The van der Waals surface area contributed by atoms with Gasteiger partial charge in [0, 0.05) is 38.3 Å². The summed E-state index contributed by atoms with van der Waals surface area (Å²) in [7, 11) is 3.05. The highest BCUT2D eigenvalue weighted by Gasteiger charge is 2.23. The van der Waals surface area contributed by atoms with Gasteiger partial charge in [0.1, 0.15) is 5.75 Å². The maximum absolute atomic E-state index is 13.9. The standard InChI is InChI=1S/C23H27FN2O3/c1-28-21-12-4-3-8-18(21)9-6-13-25-14-7-15-26(17-16-25)23(27)19-10-5-11-20(24)22(19)29-2/h3-6,8-12H,7,13-17H2,1-2H3. The summed E-state index contributed by atoms with van der Waals surface area (Å²) in [4.78, 5) is 17.0. The minimum absolute atomic E-state index is 0.0124. The van der Waals surface area contributed by atoms with Crippen molar-refractivity contribution in [3.8, 4) is 11.5 Å². The van der Waals surface area contributed by atoms with Crippen LogP contribution in [-0.2, 0) is 0 Å². The third-order valence-electron chi connectivity index (χ3n) is 5.08. The van der Waals surface area contributed by atoms with Gasteiger partial charge < -0.3 is 14.4 Å². The Morgan fingerprint density at radius 2 is 1.86 bits per heavy atom. The zero-order valence-corrected chi connectivity index (χ0v) is 16.9. The maximum Gasteiger partial charge on any atom is 0.257 e. The first kappa shape index (κ1) is 20.9. The number of hydrogen-bond donors (Lipinski definition) is 0. The summed E-state index contributed by atoms with van der Waals surface area (Å²) in [6.45, 7) is 3.70. The van der Waals surface area contributed by atoms with Crippen LogP contribution >= 0.6 is 0 Å². The second-order valence-electron chi connectivity index (χ2n) is 6.91. The molecule has 1 saturated heterocycles. The number of benzene rings is 2. The van der Waals surface area contributed by atoms with Gasteiger partial charge >= 0.3 is 0 Å². The molecule has 1 aliphatic heterocycles. The number of nitrogens with zero attached hydrogens (tertiary/aromatic N) is 2. The Morgan fingerprint density at radius 1 is 1.03 bits per heavy atom. The predicted octanol–water partition coefficient (Wildman–Crippen LogP) is 3.70. The van der Waals surface area contributed by atoms with E-state index in [1.54, 1.807) is 18.1 Å². The number of carbonyl (C=O) groups is 1. The third-order valence-corrected chi connectivity index (χ3v) is 5.08. The quantitative estimate of drug-likeness (QED) is 0.744. The molecule has 0 bridgehead atoms.